The van der Waals surface area contributed by atoms with Gasteiger partial charge in [-0.3, -0.25) is 4.79 Å². The number of hydrogen-bond acceptors (Lipinski definition) is 8. The Morgan fingerprint density at radius 3 is 2.33 bits per heavy atom. The minimum absolute atomic E-state index is 0.0534. The number of aromatic nitrogens is 1. The molecule has 0 saturated carbocycles. The zero-order valence-corrected chi connectivity index (χ0v) is 24.0. The van der Waals surface area contributed by atoms with E-state index in [0.29, 0.717) is 42.8 Å². The minimum atomic E-state index is -3.25. The van der Waals surface area contributed by atoms with Crippen LogP contribution in [0.4, 0.5) is 26.0 Å². The molecule has 1 aliphatic rings. The Morgan fingerprint density at radius 1 is 1.20 bits per heavy atom. The highest BCUT2D eigenvalue weighted by Crippen LogP contribution is 2.34. The van der Waals surface area contributed by atoms with Gasteiger partial charge in [-0.15, -0.1) is 0 Å². The molecule has 1 aliphatic heterocycles. The van der Waals surface area contributed by atoms with E-state index in [1.807, 2.05) is 24.8 Å². The summed E-state index contributed by atoms with van der Waals surface area (Å²) < 4.78 is 30.6. The van der Waals surface area contributed by atoms with Crippen molar-refractivity contribution in [2.24, 2.45) is 11.8 Å². The zero-order valence-electron chi connectivity index (χ0n) is 24.0. The molecule has 10 heteroatoms. The molecule has 220 valence electrons. The largest absolute Gasteiger partial charge is 0.433 e. The van der Waals surface area contributed by atoms with Gasteiger partial charge in [0.15, 0.2) is 5.78 Å². The lowest BCUT2D eigenvalue weighted by molar-refractivity contribution is -0.158. The standard InChI is InChI=1S/C22H28F2N4O2.C8H14O2/c1-4-14(5-2)20(25)19-18(28-12-16(29)13-28)10-11-26-21(19)27-15-6-8-17(9-7-15)30-22(3,23)24;1-3-7(2)8(10)5-4-6-9/h6-11,14,16,25,29H,4-5,12-13H2,1-3H3,(H,26,27);4-5,7,9H,3,6H2,1-2H3/b;5-4+. The molecular formula is C30H42F2N4O4. The van der Waals surface area contributed by atoms with Crippen molar-refractivity contribution < 1.29 is 28.5 Å². The predicted octanol–water partition coefficient (Wildman–Crippen LogP) is 5.95. The van der Waals surface area contributed by atoms with Gasteiger partial charge in [0.1, 0.15) is 11.6 Å². The van der Waals surface area contributed by atoms with Crippen molar-refractivity contribution in [2.75, 3.05) is 29.9 Å². The highest BCUT2D eigenvalue weighted by molar-refractivity contribution is 6.09. The zero-order chi connectivity index (χ0) is 29.9. The highest BCUT2D eigenvalue weighted by Gasteiger charge is 2.30. The Bertz CT molecular complexity index is 1130. The van der Waals surface area contributed by atoms with E-state index in [4.69, 9.17) is 10.5 Å². The van der Waals surface area contributed by atoms with Crippen molar-refractivity contribution in [1.29, 1.82) is 5.41 Å². The Morgan fingerprint density at radius 2 is 1.82 bits per heavy atom. The molecule has 1 saturated heterocycles. The molecule has 1 unspecified atom stereocenters. The number of allylic oxidation sites excluding steroid dienone is 1. The molecular weight excluding hydrogens is 518 g/mol. The number of rotatable bonds is 13. The monoisotopic (exact) mass is 560 g/mol. The molecule has 1 aromatic heterocycles. The maximum atomic E-state index is 13.0. The Balaban J connectivity index is 0.000000478. The van der Waals surface area contributed by atoms with Crippen LogP contribution >= 0.6 is 0 Å². The number of anilines is 3. The first-order valence-electron chi connectivity index (χ1n) is 13.7. The van der Waals surface area contributed by atoms with Gasteiger partial charge in [-0.2, -0.15) is 8.78 Å². The summed E-state index contributed by atoms with van der Waals surface area (Å²) in [4.78, 5) is 17.4. The number of nitrogens with zero attached hydrogens (tertiary/aromatic N) is 2. The van der Waals surface area contributed by atoms with Crippen LogP contribution in [0.3, 0.4) is 0 Å². The van der Waals surface area contributed by atoms with Gasteiger partial charge in [-0.05, 0) is 55.7 Å². The lowest BCUT2D eigenvalue weighted by Crippen LogP contribution is -2.51. The fourth-order valence-corrected chi connectivity index (χ4v) is 4.11. The van der Waals surface area contributed by atoms with Gasteiger partial charge < -0.3 is 30.6 Å². The first-order valence-corrected chi connectivity index (χ1v) is 13.7. The molecule has 4 N–H and O–H groups in total. The number of ether oxygens (including phenoxy) is 1. The highest BCUT2D eigenvalue weighted by atomic mass is 19.3. The average molecular weight is 561 g/mol. The fraction of sp³-hybridized carbons (Fsp3) is 0.500. The normalized spacial score (nSPS) is 14.4. The van der Waals surface area contributed by atoms with E-state index in [-0.39, 0.29) is 36.1 Å². The topological polar surface area (TPSA) is 119 Å². The summed E-state index contributed by atoms with van der Waals surface area (Å²) in [7, 11) is 0. The molecule has 0 bridgehead atoms. The van der Waals surface area contributed by atoms with Crippen LogP contribution < -0.4 is 15.0 Å². The van der Waals surface area contributed by atoms with Gasteiger partial charge in [0.25, 0.3) is 0 Å². The minimum Gasteiger partial charge on any atom is -0.433 e. The van der Waals surface area contributed by atoms with Crippen molar-refractivity contribution in [3.8, 4) is 5.75 Å². The molecule has 3 rings (SSSR count). The van der Waals surface area contributed by atoms with Crippen LogP contribution in [0.15, 0.2) is 48.7 Å². The van der Waals surface area contributed by atoms with Crippen LogP contribution in [0.25, 0.3) is 0 Å². The van der Waals surface area contributed by atoms with Crippen LogP contribution in [-0.4, -0.2) is 58.6 Å². The molecule has 1 atom stereocenters. The maximum Gasteiger partial charge on any atom is 0.394 e. The number of pyridine rings is 1. The van der Waals surface area contributed by atoms with Crippen molar-refractivity contribution >= 4 is 28.7 Å². The molecule has 1 fully saturated rings. The predicted molar refractivity (Wildman–Crippen MR) is 155 cm³/mol. The van der Waals surface area contributed by atoms with E-state index >= 15 is 0 Å². The quantitative estimate of drug-likeness (QED) is 0.177. The average Bonchev–Trinajstić information content (AvgIpc) is 2.90. The first kappa shape index (κ1) is 32.8. The van der Waals surface area contributed by atoms with Crippen molar-refractivity contribution in [3.05, 3.63) is 54.2 Å². The summed E-state index contributed by atoms with van der Waals surface area (Å²) in [6.45, 7) is 9.63. The van der Waals surface area contributed by atoms with Crippen LogP contribution in [-0.2, 0) is 4.79 Å². The third-order valence-corrected chi connectivity index (χ3v) is 6.69. The van der Waals surface area contributed by atoms with E-state index in [1.54, 1.807) is 18.3 Å². The number of aliphatic hydroxyl groups is 2. The summed E-state index contributed by atoms with van der Waals surface area (Å²) in [5, 5.41) is 30.1. The van der Waals surface area contributed by atoms with Crippen molar-refractivity contribution in [1.82, 2.24) is 4.98 Å². The molecule has 2 aromatic rings. The van der Waals surface area contributed by atoms with E-state index in [9.17, 15) is 18.7 Å². The second kappa shape index (κ2) is 15.4. The number of halogens is 2. The number of ketones is 1. The lowest BCUT2D eigenvalue weighted by atomic mass is 9.90. The summed E-state index contributed by atoms with van der Waals surface area (Å²) in [5.74, 6) is 0.858. The summed E-state index contributed by atoms with van der Waals surface area (Å²) in [6.07, 6.45) is 3.49. The second-order valence-corrected chi connectivity index (χ2v) is 9.90. The van der Waals surface area contributed by atoms with Gasteiger partial charge in [0.2, 0.25) is 0 Å². The van der Waals surface area contributed by atoms with Crippen LogP contribution in [0, 0.1) is 17.2 Å². The van der Waals surface area contributed by atoms with Crippen molar-refractivity contribution in [3.63, 3.8) is 0 Å². The summed E-state index contributed by atoms with van der Waals surface area (Å²) in [6, 6.07) is 8.05. The number of nitrogens with one attached hydrogen (secondary N) is 2. The Labute approximate surface area is 235 Å². The molecule has 2 heterocycles. The van der Waals surface area contributed by atoms with E-state index in [2.05, 4.69) is 28.9 Å². The Kier molecular flexibility index (Phi) is 12.7. The van der Waals surface area contributed by atoms with Crippen LogP contribution in [0.2, 0.25) is 0 Å². The molecule has 0 spiro atoms. The van der Waals surface area contributed by atoms with Crippen molar-refractivity contribution in [2.45, 2.75) is 66.1 Å². The number of carbonyl (C=O) groups excluding carboxylic acids is 1. The Hall–Kier alpha value is -3.37. The van der Waals surface area contributed by atoms with E-state index < -0.39 is 6.11 Å². The van der Waals surface area contributed by atoms with E-state index in [1.165, 1.54) is 24.3 Å². The number of carbonyl (C=O) groups is 1. The number of β-amino-alcohol motifs (C(OH)–C–C–N with tert-alkyl or cyclic N) is 1. The fourth-order valence-electron chi connectivity index (χ4n) is 4.11. The smallest absolute Gasteiger partial charge is 0.394 e. The summed E-state index contributed by atoms with van der Waals surface area (Å²) in [5.41, 5.74) is 2.71. The number of benzene rings is 1. The maximum absolute atomic E-state index is 13.0. The van der Waals surface area contributed by atoms with Gasteiger partial charge >= 0.3 is 6.11 Å². The van der Waals surface area contributed by atoms with Crippen LogP contribution in [0.5, 0.6) is 5.75 Å². The molecule has 0 amide bonds. The third kappa shape index (κ3) is 9.67. The lowest BCUT2D eigenvalue weighted by Gasteiger charge is -2.39. The molecule has 40 heavy (non-hydrogen) atoms. The number of hydrogen-bond donors (Lipinski definition) is 4. The number of aliphatic hydroxyl groups excluding tert-OH is 2. The van der Waals surface area contributed by atoms with Gasteiger partial charge in [0.05, 0.1) is 24.0 Å². The van der Waals surface area contributed by atoms with Gasteiger partial charge in [0, 0.05) is 49.4 Å². The van der Waals surface area contributed by atoms with E-state index in [0.717, 1.165) is 24.9 Å². The number of alkyl halides is 2. The van der Waals surface area contributed by atoms with Gasteiger partial charge in [-0.25, -0.2) is 4.98 Å². The second-order valence-electron chi connectivity index (χ2n) is 9.90. The van der Waals surface area contributed by atoms with Gasteiger partial charge in [-0.1, -0.05) is 33.8 Å². The van der Waals surface area contributed by atoms with Crippen LogP contribution in [0.1, 0.15) is 59.4 Å². The molecule has 0 aliphatic carbocycles. The first-order chi connectivity index (χ1) is 18.9. The SMILES string of the molecule is CCC(C)C(=O)/C=C/CO.CCC(CC)C(=N)c1c(N2CC(O)C2)ccnc1Nc1ccc(OC(C)(F)F)cc1. The molecule has 1 aromatic carbocycles. The third-order valence-electron chi connectivity index (χ3n) is 6.69. The molecule has 8 nitrogen and oxygen atoms in total. The molecule has 0 radical (unpaired) electrons. The summed E-state index contributed by atoms with van der Waals surface area (Å²) >= 11 is 0.